The van der Waals surface area contributed by atoms with Crippen LogP contribution in [0.25, 0.3) is 0 Å². The molecule has 1 unspecified atom stereocenters. The molecule has 1 heterocycles. The number of aliphatic hydroxyl groups is 1. The van der Waals surface area contributed by atoms with Crippen LogP contribution in [-0.4, -0.2) is 33.5 Å². The normalized spacial score (nSPS) is 13.9. The van der Waals surface area contributed by atoms with E-state index >= 15 is 0 Å². The lowest BCUT2D eigenvalue weighted by Crippen LogP contribution is -2.38. The van der Waals surface area contributed by atoms with E-state index in [9.17, 15) is 13.2 Å². The van der Waals surface area contributed by atoms with Gasteiger partial charge in [-0.2, -0.15) is 13.2 Å². The first-order valence-electron chi connectivity index (χ1n) is 5.39. The molecule has 1 aromatic rings. The number of nitrogens with zero attached hydrogens (tertiary/aromatic N) is 2. The van der Waals surface area contributed by atoms with Gasteiger partial charge in [-0.05, 0) is 6.42 Å². The van der Waals surface area contributed by atoms with Gasteiger partial charge in [-0.3, -0.25) is 0 Å². The van der Waals surface area contributed by atoms with Gasteiger partial charge >= 0.3 is 6.18 Å². The van der Waals surface area contributed by atoms with Crippen molar-refractivity contribution in [3.63, 3.8) is 0 Å². The number of aliphatic hydroxyl groups excluding tert-OH is 1. The van der Waals surface area contributed by atoms with Crippen LogP contribution < -0.4 is 5.32 Å². The van der Waals surface area contributed by atoms with Gasteiger partial charge in [0.15, 0.2) is 6.10 Å². The zero-order chi connectivity index (χ0) is 12.9. The minimum atomic E-state index is -4.57. The van der Waals surface area contributed by atoms with Crippen molar-refractivity contribution in [1.82, 2.24) is 14.9 Å². The summed E-state index contributed by atoms with van der Waals surface area (Å²) in [5.41, 5.74) is 0.807. The van der Waals surface area contributed by atoms with Crippen LogP contribution in [0.5, 0.6) is 0 Å². The second-order valence-corrected chi connectivity index (χ2v) is 3.77. The molecule has 0 aliphatic rings. The summed E-state index contributed by atoms with van der Waals surface area (Å²) in [4.78, 5) is 3.93. The monoisotopic (exact) mass is 251 g/mol. The van der Waals surface area contributed by atoms with Crippen molar-refractivity contribution < 1.29 is 18.3 Å². The second-order valence-electron chi connectivity index (χ2n) is 3.77. The van der Waals surface area contributed by atoms with E-state index in [4.69, 9.17) is 5.11 Å². The highest BCUT2D eigenvalue weighted by molar-refractivity contribution is 4.97. The van der Waals surface area contributed by atoms with Crippen LogP contribution in [0, 0.1) is 0 Å². The highest BCUT2D eigenvalue weighted by Crippen LogP contribution is 2.19. The van der Waals surface area contributed by atoms with Crippen molar-refractivity contribution in [3.8, 4) is 0 Å². The molecule has 17 heavy (non-hydrogen) atoms. The number of halogens is 3. The Kier molecular flexibility index (Phi) is 4.95. The Morgan fingerprint density at radius 2 is 2.24 bits per heavy atom. The molecule has 0 saturated carbocycles. The van der Waals surface area contributed by atoms with Gasteiger partial charge in [0.1, 0.15) is 0 Å². The van der Waals surface area contributed by atoms with Crippen LogP contribution in [0.2, 0.25) is 0 Å². The molecule has 0 spiro atoms. The second kappa shape index (κ2) is 6.02. The Bertz CT molecular complexity index is 338. The molecule has 1 rings (SSSR count). The van der Waals surface area contributed by atoms with Crippen molar-refractivity contribution in [2.24, 2.45) is 0 Å². The molecule has 0 aliphatic carbocycles. The number of hydrogen-bond acceptors (Lipinski definition) is 3. The molecule has 0 radical (unpaired) electrons. The Morgan fingerprint density at radius 1 is 1.53 bits per heavy atom. The molecule has 98 valence electrons. The molecule has 0 bridgehead atoms. The van der Waals surface area contributed by atoms with Crippen molar-refractivity contribution in [2.45, 2.75) is 38.7 Å². The molecule has 0 aromatic carbocycles. The number of aryl methyl sites for hydroxylation is 1. The minimum Gasteiger partial charge on any atom is -0.382 e. The van der Waals surface area contributed by atoms with E-state index in [-0.39, 0.29) is 6.54 Å². The summed E-state index contributed by atoms with van der Waals surface area (Å²) < 4.78 is 37.9. The van der Waals surface area contributed by atoms with Gasteiger partial charge in [-0.15, -0.1) is 0 Å². The summed E-state index contributed by atoms with van der Waals surface area (Å²) >= 11 is 0. The van der Waals surface area contributed by atoms with E-state index in [1.165, 1.54) is 0 Å². The van der Waals surface area contributed by atoms with Crippen LogP contribution in [0.3, 0.4) is 0 Å². The van der Waals surface area contributed by atoms with Gasteiger partial charge in [-0.1, -0.05) is 6.92 Å². The third-order valence-corrected chi connectivity index (χ3v) is 2.28. The molecule has 0 saturated heterocycles. The molecular weight excluding hydrogens is 235 g/mol. The highest BCUT2D eigenvalue weighted by Gasteiger charge is 2.37. The average Bonchev–Trinajstić information content (AvgIpc) is 2.65. The number of imidazole rings is 1. The Morgan fingerprint density at radius 3 is 2.82 bits per heavy atom. The van der Waals surface area contributed by atoms with Crippen LogP contribution >= 0.6 is 0 Å². The molecule has 2 N–H and O–H groups in total. The molecule has 0 aliphatic heterocycles. The summed E-state index contributed by atoms with van der Waals surface area (Å²) in [6.45, 7) is 2.53. The fourth-order valence-electron chi connectivity index (χ4n) is 1.39. The zero-order valence-electron chi connectivity index (χ0n) is 9.54. The van der Waals surface area contributed by atoms with Crippen molar-refractivity contribution in [1.29, 1.82) is 0 Å². The predicted molar refractivity (Wildman–Crippen MR) is 56.3 cm³/mol. The van der Waals surface area contributed by atoms with E-state index in [0.29, 0.717) is 0 Å². The van der Waals surface area contributed by atoms with Crippen LogP contribution in [0.1, 0.15) is 19.0 Å². The minimum absolute atomic E-state index is 0.257. The number of aromatic nitrogens is 2. The van der Waals surface area contributed by atoms with Gasteiger partial charge in [0.25, 0.3) is 0 Å². The Balaban J connectivity index is 2.38. The number of hydrogen-bond donors (Lipinski definition) is 2. The van der Waals surface area contributed by atoms with Crippen molar-refractivity contribution in [3.05, 3.63) is 18.2 Å². The van der Waals surface area contributed by atoms with Crippen molar-refractivity contribution in [2.75, 3.05) is 6.54 Å². The number of alkyl halides is 3. The van der Waals surface area contributed by atoms with Gasteiger partial charge < -0.3 is 15.0 Å². The third kappa shape index (κ3) is 4.35. The summed E-state index contributed by atoms with van der Waals surface area (Å²) in [6, 6.07) is 0. The smallest absolute Gasteiger partial charge is 0.382 e. The maximum Gasteiger partial charge on any atom is 0.415 e. The zero-order valence-corrected chi connectivity index (χ0v) is 9.54. The number of nitrogens with one attached hydrogen (secondary N) is 1. The van der Waals surface area contributed by atoms with Gasteiger partial charge in [-0.25, -0.2) is 4.98 Å². The quantitative estimate of drug-likeness (QED) is 0.801. The maximum absolute atomic E-state index is 12.0. The largest absolute Gasteiger partial charge is 0.415 e. The fourth-order valence-corrected chi connectivity index (χ4v) is 1.39. The highest BCUT2D eigenvalue weighted by atomic mass is 19.4. The lowest BCUT2D eigenvalue weighted by atomic mass is 10.3. The van der Waals surface area contributed by atoms with Gasteiger partial charge in [0.05, 0.1) is 12.0 Å². The summed E-state index contributed by atoms with van der Waals surface area (Å²) in [6.07, 6.45) is -2.74. The van der Waals surface area contributed by atoms with Crippen LogP contribution in [-0.2, 0) is 13.1 Å². The van der Waals surface area contributed by atoms with E-state index in [1.54, 1.807) is 12.5 Å². The molecule has 0 fully saturated rings. The molecule has 1 aromatic heterocycles. The van der Waals surface area contributed by atoms with E-state index in [2.05, 4.69) is 10.3 Å². The molecule has 1 atom stereocenters. The van der Waals surface area contributed by atoms with Gasteiger partial charge in [0.2, 0.25) is 0 Å². The Labute approximate surface area is 97.5 Å². The molecule has 4 nitrogen and oxygen atoms in total. The van der Waals surface area contributed by atoms with Gasteiger partial charge in [0, 0.05) is 25.8 Å². The fraction of sp³-hybridized carbons (Fsp3) is 0.700. The molecular formula is C10H16F3N3O. The van der Waals surface area contributed by atoms with Crippen LogP contribution in [0.4, 0.5) is 13.2 Å². The first kappa shape index (κ1) is 14.0. The summed E-state index contributed by atoms with van der Waals surface area (Å²) in [5, 5.41) is 11.3. The summed E-state index contributed by atoms with van der Waals surface area (Å²) in [5.74, 6) is 0. The third-order valence-electron chi connectivity index (χ3n) is 2.28. The predicted octanol–water partition coefficient (Wildman–Crippen LogP) is 1.31. The van der Waals surface area contributed by atoms with E-state index in [1.807, 2.05) is 11.5 Å². The summed E-state index contributed by atoms with van der Waals surface area (Å²) in [7, 11) is 0. The maximum atomic E-state index is 12.0. The van der Waals surface area contributed by atoms with E-state index in [0.717, 1.165) is 18.7 Å². The molecule has 0 amide bonds. The SMILES string of the molecule is CCCn1cncc1CNCC(O)C(F)(F)F. The lowest BCUT2D eigenvalue weighted by molar-refractivity contribution is -0.201. The number of rotatable bonds is 6. The molecule has 7 heteroatoms. The first-order chi connectivity index (χ1) is 7.95. The van der Waals surface area contributed by atoms with Crippen molar-refractivity contribution >= 4 is 0 Å². The van der Waals surface area contributed by atoms with E-state index < -0.39 is 18.8 Å². The standard InChI is InChI=1S/C10H16F3N3O/c1-2-3-16-7-15-5-8(16)4-14-6-9(17)10(11,12)13/h5,7,9,14,17H,2-4,6H2,1H3. The lowest BCUT2D eigenvalue weighted by Gasteiger charge is -2.15. The first-order valence-corrected chi connectivity index (χ1v) is 5.39. The Hall–Kier alpha value is -1.08. The van der Waals surface area contributed by atoms with Crippen LogP contribution in [0.15, 0.2) is 12.5 Å². The topological polar surface area (TPSA) is 50.1 Å². The average molecular weight is 251 g/mol.